The summed E-state index contributed by atoms with van der Waals surface area (Å²) in [6, 6.07) is 5.03. The molecule has 2 aliphatic rings. The Morgan fingerprint density at radius 1 is 1.23 bits per heavy atom. The fourth-order valence-electron chi connectivity index (χ4n) is 4.14. The Morgan fingerprint density at radius 3 is 2.54 bits per heavy atom. The van der Waals surface area contributed by atoms with E-state index in [1.165, 1.54) is 19.4 Å². The molecule has 2 N–H and O–H groups in total. The summed E-state index contributed by atoms with van der Waals surface area (Å²) >= 11 is 0. The number of likely N-dealkylation sites (tertiary alicyclic amines) is 1. The Labute approximate surface area is 153 Å². The summed E-state index contributed by atoms with van der Waals surface area (Å²) < 4.78 is 0. The van der Waals surface area contributed by atoms with Gasteiger partial charge in [-0.05, 0) is 44.7 Å². The number of ketones is 1. The van der Waals surface area contributed by atoms with Gasteiger partial charge in [-0.3, -0.25) is 19.8 Å². The first-order valence-corrected chi connectivity index (χ1v) is 9.43. The van der Waals surface area contributed by atoms with Gasteiger partial charge in [-0.25, -0.2) is 0 Å². The fraction of sp³-hybridized carbons (Fsp3) is 0.632. The second-order valence-electron chi connectivity index (χ2n) is 7.42. The Kier molecular flexibility index (Phi) is 5.88. The number of nitro groups is 1. The minimum Gasteiger partial charge on any atom is -0.391 e. The van der Waals surface area contributed by atoms with E-state index < -0.39 is 4.92 Å². The summed E-state index contributed by atoms with van der Waals surface area (Å²) in [6.07, 6.45) is 5.76. The second-order valence-corrected chi connectivity index (χ2v) is 7.42. The molecule has 1 saturated heterocycles. The summed E-state index contributed by atoms with van der Waals surface area (Å²) in [6.45, 7) is 3.18. The van der Waals surface area contributed by atoms with Crippen molar-refractivity contribution in [1.82, 2.24) is 4.90 Å². The third kappa shape index (κ3) is 4.22. The Morgan fingerprint density at radius 2 is 1.92 bits per heavy atom. The monoisotopic (exact) mass is 361 g/mol. The molecule has 0 amide bonds. The lowest BCUT2D eigenvalue weighted by molar-refractivity contribution is -0.384. The zero-order valence-corrected chi connectivity index (χ0v) is 15.2. The van der Waals surface area contributed by atoms with Gasteiger partial charge in [0.15, 0.2) is 5.78 Å². The summed E-state index contributed by atoms with van der Waals surface area (Å²) in [5, 5.41) is 24.9. The number of anilines is 1. The molecular formula is C19H27N3O4. The Balaban J connectivity index is 1.62. The van der Waals surface area contributed by atoms with Crippen LogP contribution in [-0.2, 0) is 0 Å². The number of nitro benzene ring substituents is 1. The molecule has 1 aromatic carbocycles. The number of benzene rings is 1. The molecule has 1 aromatic rings. The highest BCUT2D eigenvalue weighted by molar-refractivity contribution is 5.95. The van der Waals surface area contributed by atoms with Crippen molar-refractivity contribution in [2.75, 3.05) is 18.4 Å². The summed E-state index contributed by atoms with van der Waals surface area (Å²) in [5.74, 6) is -0.181. The fourth-order valence-corrected chi connectivity index (χ4v) is 4.14. The number of aliphatic hydroxyl groups is 1. The van der Waals surface area contributed by atoms with Gasteiger partial charge >= 0.3 is 0 Å². The van der Waals surface area contributed by atoms with Gasteiger partial charge in [0.05, 0.1) is 11.0 Å². The molecule has 7 heteroatoms. The molecule has 1 heterocycles. The van der Waals surface area contributed by atoms with E-state index in [0.29, 0.717) is 11.3 Å². The number of hydrogen-bond donors (Lipinski definition) is 2. The molecule has 1 aliphatic carbocycles. The van der Waals surface area contributed by atoms with Gasteiger partial charge in [-0.2, -0.15) is 0 Å². The van der Waals surface area contributed by atoms with Crippen LogP contribution in [0.5, 0.6) is 0 Å². The number of rotatable bonds is 5. The molecule has 0 radical (unpaired) electrons. The maximum atomic E-state index is 11.5. The molecule has 1 saturated carbocycles. The average Bonchev–Trinajstić information content (AvgIpc) is 2.63. The number of carbonyl (C=O) groups is 1. The van der Waals surface area contributed by atoms with Crippen molar-refractivity contribution in [1.29, 1.82) is 0 Å². The van der Waals surface area contributed by atoms with Crippen LogP contribution in [0.4, 0.5) is 11.4 Å². The number of nitrogens with zero attached hydrogens (tertiary/aromatic N) is 2. The molecule has 2 unspecified atom stereocenters. The summed E-state index contributed by atoms with van der Waals surface area (Å²) in [7, 11) is 0. The van der Waals surface area contributed by atoms with Crippen LogP contribution < -0.4 is 5.32 Å². The van der Waals surface area contributed by atoms with Crippen LogP contribution in [0.15, 0.2) is 18.2 Å². The molecule has 142 valence electrons. The lowest BCUT2D eigenvalue weighted by Gasteiger charge is -2.41. The zero-order valence-electron chi connectivity index (χ0n) is 15.2. The van der Waals surface area contributed by atoms with Crippen molar-refractivity contribution in [2.45, 2.75) is 63.6 Å². The van der Waals surface area contributed by atoms with Gasteiger partial charge in [0, 0.05) is 36.8 Å². The molecule has 0 aromatic heterocycles. The predicted octanol–water partition coefficient (Wildman–Crippen LogP) is 2.98. The molecule has 0 bridgehead atoms. The average molecular weight is 361 g/mol. The lowest BCUT2D eigenvalue weighted by Crippen LogP contribution is -2.50. The van der Waals surface area contributed by atoms with Gasteiger partial charge < -0.3 is 10.4 Å². The first-order chi connectivity index (χ1) is 12.5. The van der Waals surface area contributed by atoms with Gasteiger partial charge in [-0.15, -0.1) is 0 Å². The molecule has 3 rings (SSSR count). The van der Waals surface area contributed by atoms with E-state index in [9.17, 15) is 20.0 Å². The molecule has 1 aliphatic heterocycles. The smallest absolute Gasteiger partial charge is 0.293 e. The van der Waals surface area contributed by atoms with Crippen molar-refractivity contribution in [2.24, 2.45) is 0 Å². The third-order valence-electron chi connectivity index (χ3n) is 5.65. The van der Waals surface area contributed by atoms with Crippen LogP contribution in [0.25, 0.3) is 0 Å². The van der Waals surface area contributed by atoms with Crippen LogP contribution in [0.3, 0.4) is 0 Å². The first-order valence-electron chi connectivity index (χ1n) is 9.43. The molecule has 7 nitrogen and oxygen atoms in total. The van der Waals surface area contributed by atoms with E-state index in [0.717, 1.165) is 45.2 Å². The Bertz CT molecular complexity index is 671. The van der Waals surface area contributed by atoms with Gasteiger partial charge in [0.1, 0.15) is 5.69 Å². The summed E-state index contributed by atoms with van der Waals surface area (Å²) in [4.78, 5) is 24.7. The number of nitrogens with one attached hydrogen (secondary N) is 1. The summed E-state index contributed by atoms with van der Waals surface area (Å²) in [5.41, 5.74) is 0.766. The maximum Gasteiger partial charge on any atom is 0.293 e. The standard InChI is InChI=1S/C19H27N3O4/c1-13(23)14-6-7-16(18(12-14)22(25)26)20-15-8-10-21(11-9-15)17-4-2-3-5-19(17)24/h6-7,12,15,17,19-20,24H,2-5,8-11H2,1H3. The van der Waals surface area contributed by atoms with E-state index >= 15 is 0 Å². The van der Waals surface area contributed by atoms with Crippen LogP contribution in [-0.4, -0.2) is 52.0 Å². The normalized spacial score (nSPS) is 25.0. The van der Waals surface area contributed by atoms with E-state index in [2.05, 4.69) is 10.2 Å². The predicted molar refractivity (Wildman–Crippen MR) is 99.6 cm³/mol. The quantitative estimate of drug-likeness (QED) is 0.475. The van der Waals surface area contributed by atoms with Crippen molar-refractivity contribution in [3.8, 4) is 0 Å². The highest BCUT2D eigenvalue weighted by atomic mass is 16.6. The van der Waals surface area contributed by atoms with E-state index in [-0.39, 0.29) is 29.7 Å². The minimum atomic E-state index is -0.442. The Hall–Kier alpha value is -1.99. The zero-order chi connectivity index (χ0) is 18.7. The van der Waals surface area contributed by atoms with Gasteiger partial charge in [-0.1, -0.05) is 12.8 Å². The van der Waals surface area contributed by atoms with Crippen LogP contribution in [0, 0.1) is 10.1 Å². The first kappa shape index (κ1) is 18.8. The van der Waals surface area contributed by atoms with Crippen molar-refractivity contribution >= 4 is 17.2 Å². The second kappa shape index (κ2) is 8.14. The number of piperidine rings is 1. The van der Waals surface area contributed by atoms with Gasteiger partial charge in [0.25, 0.3) is 5.69 Å². The van der Waals surface area contributed by atoms with E-state index in [4.69, 9.17) is 0 Å². The van der Waals surface area contributed by atoms with Crippen LogP contribution in [0.1, 0.15) is 55.8 Å². The lowest BCUT2D eigenvalue weighted by atomic mass is 9.89. The highest BCUT2D eigenvalue weighted by Gasteiger charge is 2.31. The molecule has 2 atom stereocenters. The van der Waals surface area contributed by atoms with Crippen molar-refractivity contribution < 1.29 is 14.8 Å². The van der Waals surface area contributed by atoms with Crippen LogP contribution in [0.2, 0.25) is 0 Å². The number of aliphatic hydroxyl groups excluding tert-OH is 1. The van der Waals surface area contributed by atoms with Crippen molar-refractivity contribution in [3.63, 3.8) is 0 Å². The number of carbonyl (C=O) groups excluding carboxylic acids is 1. The van der Waals surface area contributed by atoms with Crippen molar-refractivity contribution in [3.05, 3.63) is 33.9 Å². The number of hydrogen-bond acceptors (Lipinski definition) is 6. The molecule has 26 heavy (non-hydrogen) atoms. The number of Topliss-reactive ketones (excluding diaryl/α,β-unsaturated/α-hetero) is 1. The topological polar surface area (TPSA) is 95.7 Å². The molecule has 2 fully saturated rings. The van der Waals surface area contributed by atoms with Gasteiger partial charge in [0.2, 0.25) is 0 Å². The molecule has 0 spiro atoms. The van der Waals surface area contributed by atoms with E-state index in [1.807, 2.05) is 0 Å². The largest absolute Gasteiger partial charge is 0.391 e. The van der Waals surface area contributed by atoms with E-state index in [1.54, 1.807) is 12.1 Å². The third-order valence-corrected chi connectivity index (χ3v) is 5.65. The highest BCUT2D eigenvalue weighted by Crippen LogP contribution is 2.30. The maximum absolute atomic E-state index is 11.5. The van der Waals surface area contributed by atoms with Crippen LogP contribution >= 0.6 is 0 Å². The SMILES string of the molecule is CC(=O)c1ccc(NC2CCN(C3CCCCC3O)CC2)c([N+](=O)[O-])c1. The molecular weight excluding hydrogens is 334 g/mol. The minimum absolute atomic E-state index is 0.0529.